The Morgan fingerprint density at radius 3 is 3.07 bits per heavy atom. The van der Waals surface area contributed by atoms with Gasteiger partial charge in [-0.15, -0.1) is 0 Å². The molecule has 3 nitrogen and oxygen atoms in total. The van der Waals surface area contributed by atoms with Crippen molar-refractivity contribution in [1.29, 1.82) is 0 Å². The highest BCUT2D eigenvalue weighted by atomic mass is 16.5. The third-order valence-electron chi connectivity index (χ3n) is 2.84. The molecule has 1 atom stereocenters. The molecule has 1 aromatic carbocycles. The van der Waals surface area contributed by atoms with Gasteiger partial charge in [-0.25, -0.2) is 0 Å². The number of methoxy groups -OCH3 is 1. The van der Waals surface area contributed by atoms with Crippen LogP contribution in [0.25, 0.3) is 0 Å². The Morgan fingerprint density at radius 1 is 1.47 bits per heavy atom. The molecule has 1 aromatic rings. The van der Waals surface area contributed by atoms with Gasteiger partial charge in [0, 0.05) is 6.54 Å². The Labute approximate surface area is 89.4 Å². The second kappa shape index (κ2) is 4.45. The second-order valence-corrected chi connectivity index (χ2v) is 3.73. The smallest absolute Gasteiger partial charge is 0.314 e. The minimum Gasteiger partial charge on any atom is -0.469 e. The molecule has 1 aliphatic rings. The Hall–Kier alpha value is -1.35. The molecule has 80 valence electrons. The minimum atomic E-state index is -0.159. The molecule has 0 fully saturated rings. The Morgan fingerprint density at radius 2 is 2.27 bits per heavy atom. The van der Waals surface area contributed by atoms with E-state index in [-0.39, 0.29) is 11.9 Å². The summed E-state index contributed by atoms with van der Waals surface area (Å²) in [5.41, 5.74) is 2.35. The first-order valence-electron chi connectivity index (χ1n) is 5.19. The third kappa shape index (κ3) is 2.02. The zero-order valence-corrected chi connectivity index (χ0v) is 8.82. The molecule has 0 aliphatic carbocycles. The van der Waals surface area contributed by atoms with E-state index in [0.717, 1.165) is 18.5 Å². The molecule has 15 heavy (non-hydrogen) atoms. The lowest BCUT2D eigenvalue weighted by Gasteiger charge is -2.14. The highest BCUT2D eigenvalue weighted by Gasteiger charge is 2.25. The van der Waals surface area contributed by atoms with Crippen molar-refractivity contribution in [3.05, 3.63) is 35.4 Å². The summed E-state index contributed by atoms with van der Waals surface area (Å²) in [5.74, 6) is -0.314. The van der Waals surface area contributed by atoms with Crippen LogP contribution in [0.4, 0.5) is 0 Å². The lowest BCUT2D eigenvalue weighted by Crippen LogP contribution is -2.26. The van der Waals surface area contributed by atoms with Gasteiger partial charge in [-0.05, 0) is 24.1 Å². The summed E-state index contributed by atoms with van der Waals surface area (Å²) in [5, 5.41) is 3.26. The number of benzene rings is 1. The quantitative estimate of drug-likeness (QED) is 0.697. The molecule has 0 aromatic heterocycles. The van der Waals surface area contributed by atoms with Crippen molar-refractivity contribution in [3.63, 3.8) is 0 Å². The summed E-state index contributed by atoms with van der Waals surface area (Å²) in [7, 11) is 1.44. The first-order valence-corrected chi connectivity index (χ1v) is 5.19. The standard InChI is InChI=1S/C12H15NO2/c1-15-12(14)11-8-13-7-6-9-4-2-3-5-10(9)11/h2-5,11,13H,6-8H2,1H3. The van der Waals surface area contributed by atoms with Gasteiger partial charge in [-0.1, -0.05) is 24.3 Å². The van der Waals surface area contributed by atoms with Crippen LogP contribution in [0.1, 0.15) is 17.0 Å². The molecule has 1 heterocycles. The van der Waals surface area contributed by atoms with E-state index >= 15 is 0 Å². The van der Waals surface area contributed by atoms with Crippen LogP contribution in [-0.2, 0) is 16.0 Å². The van der Waals surface area contributed by atoms with E-state index < -0.39 is 0 Å². The summed E-state index contributed by atoms with van der Waals surface area (Å²) in [4.78, 5) is 11.6. The fourth-order valence-corrected chi connectivity index (χ4v) is 2.03. The van der Waals surface area contributed by atoms with Crippen LogP contribution in [0, 0.1) is 0 Å². The van der Waals surface area contributed by atoms with Gasteiger partial charge >= 0.3 is 5.97 Å². The molecule has 0 saturated heterocycles. The number of fused-ring (bicyclic) bond motifs is 1. The molecule has 2 rings (SSSR count). The predicted molar refractivity (Wildman–Crippen MR) is 57.8 cm³/mol. The van der Waals surface area contributed by atoms with E-state index in [4.69, 9.17) is 4.74 Å². The third-order valence-corrected chi connectivity index (χ3v) is 2.84. The number of rotatable bonds is 1. The predicted octanol–water partition coefficient (Wildman–Crippen LogP) is 1.09. The van der Waals surface area contributed by atoms with Gasteiger partial charge in [-0.3, -0.25) is 4.79 Å². The molecule has 0 saturated carbocycles. The van der Waals surface area contributed by atoms with E-state index in [1.165, 1.54) is 12.7 Å². The van der Waals surface area contributed by atoms with E-state index in [9.17, 15) is 4.79 Å². The van der Waals surface area contributed by atoms with E-state index in [0.29, 0.717) is 6.54 Å². The molecule has 0 amide bonds. The van der Waals surface area contributed by atoms with Crippen molar-refractivity contribution < 1.29 is 9.53 Å². The number of esters is 1. The van der Waals surface area contributed by atoms with Crippen molar-refractivity contribution in [2.75, 3.05) is 20.2 Å². The molecule has 0 bridgehead atoms. The van der Waals surface area contributed by atoms with Crippen LogP contribution in [0.3, 0.4) is 0 Å². The van der Waals surface area contributed by atoms with E-state index in [1.807, 2.05) is 18.2 Å². The SMILES string of the molecule is COC(=O)C1CNCCc2ccccc21. The lowest BCUT2D eigenvalue weighted by atomic mass is 9.94. The topological polar surface area (TPSA) is 38.3 Å². The minimum absolute atomic E-state index is 0.156. The summed E-state index contributed by atoms with van der Waals surface area (Å²) in [6.45, 7) is 1.59. The van der Waals surface area contributed by atoms with Crippen molar-refractivity contribution in [3.8, 4) is 0 Å². The fourth-order valence-electron chi connectivity index (χ4n) is 2.03. The largest absolute Gasteiger partial charge is 0.469 e. The molecule has 3 heteroatoms. The van der Waals surface area contributed by atoms with Gasteiger partial charge in [0.15, 0.2) is 0 Å². The number of nitrogens with one attached hydrogen (secondary N) is 1. The summed E-state index contributed by atoms with van der Waals surface area (Å²) >= 11 is 0. The van der Waals surface area contributed by atoms with E-state index in [1.54, 1.807) is 0 Å². The Bertz CT molecular complexity index is 362. The maximum Gasteiger partial charge on any atom is 0.314 e. The van der Waals surface area contributed by atoms with Crippen LogP contribution in [0.2, 0.25) is 0 Å². The Kier molecular flexibility index (Phi) is 3.02. The Balaban J connectivity index is 2.37. The first-order chi connectivity index (χ1) is 7.33. The van der Waals surface area contributed by atoms with Crippen LogP contribution in [-0.4, -0.2) is 26.2 Å². The highest BCUT2D eigenvalue weighted by molar-refractivity contribution is 5.79. The van der Waals surface area contributed by atoms with Gasteiger partial charge < -0.3 is 10.1 Å². The molecule has 1 aliphatic heterocycles. The maximum absolute atomic E-state index is 11.6. The fraction of sp³-hybridized carbons (Fsp3) is 0.417. The number of carbonyl (C=O) groups is 1. The number of carbonyl (C=O) groups excluding carboxylic acids is 1. The monoisotopic (exact) mass is 205 g/mol. The molecule has 0 spiro atoms. The first kappa shape index (κ1) is 10.2. The van der Waals surface area contributed by atoms with Crippen molar-refractivity contribution in [2.24, 2.45) is 0 Å². The van der Waals surface area contributed by atoms with Crippen molar-refractivity contribution in [2.45, 2.75) is 12.3 Å². The second-order valence-electron chi connectivity index (χ2n) is 3.73. The number of hydrogen-bond donors (Lipinski definition) is 1. The van der Waals surface area contributed by atoms with E-state index in [2.05, 4.69) is 11.4 Å². The molecular formula is C12H15NO2. The van der Waals surface area contributed by atoms with Crippen LogP contribution >= 0.6 is 0 Å². The number of hydrogen-bond acceptors (Lipinski definition) is 3. The van der Waals surface area contributed by atoms with Gasteiger partial charge in [-0.2, -0.15) is 0 Å². The molecule has 0 radical (unpaired) electrons. The highest BCUT2D eigenvalue weighted by Crippen LogP contribution is 2.23. The summed E-state index contributed by atoms with van der Waals surface area (Å²) in [6, 6.07) is 8.08. The lowest BCUT2D eigenvalue weighted by molar-refractivity contribution is -0.142. The van der Waals surface area contributed by atoms with Crippen molar-refractivity contribution >= 4 is 5.97 Å². The zero-order chi connectivity index (χ0) is 10.7. The summed E-state index contributed by atoms with van der Waals surface area (Å²) < 4.78 is 4.82. The van der Waals surface area contributed by atoms with Crippen LogP contribution in [0.5, 0.6) is 0 Å². The number of ether oxygens (including phenoxy) is 1. The van der Waals surface area contributed by atoms with Gasteiger partial charge in [0.05, 0.1) is 13.0 Å². The zero-order valence-electron chi connectivity index (χ0n) is 8.82. The van der Waals surface area contributed by atoms with Crippen LogP contribution < -0.4 is 5.32 Å². The van der Waals surface area contributed by atoms with Crippen molar-refractivity contribution in [1.82, 2.24) is 5.32 Å². The molecule has 1 unspecified atom stereocenters. The summed E-state index contributed by atoms with van der Waals surface area (Å²) in [6.07, 6.45) is 0.976. The molecular weight excluding hydrogens is 190 g/mol. The van der Waals surface area contributed by atoms with Gasteiger partial charge in [0.1, 0.15) is 0 Å². The van der Waals surface area contributed by atoms with Gasteiger partial charge in [0.25, 0.3) is 0 Å². The average Bonchev–Trinajstić information content (AvgIpc) is 2.50. The van der Waals surface area contributed by atoms with Crippen LogP contribution in [0.15, 0.2) is 24.3 Å². The van der Waals surface area contributed by atoms with Gasteiger partial charge in [0.2, 0.25) is 0 Å². The molecule has 1 N–H and O–H groups in total. The maximum atomic E-state index is 11.6. The normalized spacial score (nSPS) is 20.2. The average molecular weight is 205 g/mol.